The summed E-state index contributed by atoms with van der Waals surface area (Å²) in [5.74, 6) is -0.738. The molecule has 6 heteroatoms. The quantitative estimate of drug-likeness (QED) is 0.774. The summed E-state index contributed by atoms with van der Waals surface area (Å²) in [6.07, 6.45) is -2.19. The molecule has 2 unspecified atom stereocenters. The predicted molar refractivity (Wildman–Crippen MR) is 55.3 cm³/mol. The van der Waals surface area contributed by atoms with Crippen LogP contribution < -0.4 is 5.32 Å². The Morgan fingerprint density at radius 1 is 1.38 bits per heavy atom. The lowest BCUT2D eigenvalue weighted by Crippen LogP contribution is -2.34. The minimum Gasteiger partial charge on any atom is -0.356 e. The van der Waals surface area contributed by atoms with Crippen LogP contribution in [0.1, 0.15) is 32.1 Å². The lowest BCUT2D eigenvalue weighted by atomic mass is 9.89. The number of rotatable bonds is 3. The Balaban J connectivity index is 2.21. The van der Waals surface area contributed by atoms with Crippen molar-refractivity contribution >= 4 is 17.5 Å². The van der Waals surface area contributed by atoms with Gasteiger partial charge in [-0.05, 0) is 25.2 Å². The van der Waals surface area contributed by atoms with Gasteiger partial charge in [-0.3, -0.25) is 4.79 Å². The van der Waals surface area contributed by atoms with Gasteiger partial charge in [0, 0.05) is 11.9 Å². The first-order valence-electron chi connectivity index (χ1n) is 5.34. The molecule has 94 valence electrons. The summed E-state index contributed by atoms with van der Waals surface area (Å²) in [5.41, 5.74) is 0. The lowest BCUT2D eigenvalue weighted by Gasteiger charge is -2.25. The minimum atomic E-state index is -4.42. The third-order valence-corrected chi connectivity index (χ3v) is 3.06. The van der Waals surface area contributed by atoms with Crippen LogP contribution in [0.4, 0.5) is 13.2 Å². The van der Waals surface area contributed by atoms with E-state index in [9.17, 15) is 18.0 Å². The van der Waals surface area contributed by atoms with Crippen LogP contribution in [0.15, 0.2) is 0 Å². The summed E-state index contributed by atoms with van der Waals surface area (Å²) in [6, 6.07) is 0. The summed E-state index contributed by atoms with van der Waals surface area (Å²) in [5, 5.41) is 2.41. The summed E-state index contributed by atoms with van der Waals surface area (Å²) in [4.78, 5) is 10.9. The van der Waals surface area contributed by atoms with Gasteiger partial charge in [-0.15, -0.1) is 11.6 Å². The molecule has 1 amide bonds. The second-order valence-electron chi connectivity index (χ2n) is 4.23. The fourth-order valence-corrected chi connectivity index (χ4v) is 2.32. The molecule has 1 aliphatic rings. The maximum Gasteiger partial charge on any atom is 0.397 e. The monoisotopic (exact) mass is 257 g/mol. The second-order valence-corrected chi connectivity index (χ2v) is 4.84. The standard InChI is InChI=1S/C10H15ClF3NO/c11-8-3-1-2-7(4-8)6-15-9(16)5-10(12,13)14/h7-8H,1-6H2,(H,15,16). The summed E-state index contributed by atoms with van der Waals surface area (Å²) in [6.45, 7) is 0.304. The van der Waals surface area contributed by atoms with E-state index in [-0.39, 0.29) is 11.3 Å². The van der Waals surface area contributed by atoms with Gasteiger partial charge >= 0.3 is 6.18 Å². The molecule has 1 rings (SSSR count). The van der Waals surface area contributed by atoms with Gasteiger partial charge in [0.1, 0.15) is 6.42 Å². The second kappa shape index (κ2) is 5.75. The molecule has 0 aromatic rings. The van der Waals surface area contributed by atoms with Gasteiger partial charge < -0.3 is 5.32 Å². The highest BCUT2D eigenvalue weighted by Gasteiger charge is 2.31. The minimum absolute atomic E-state index is 0.0956. The van der Waals surface area contributed by atoms with E-state index in [2.05, 4.69) is 5.32 Å². The summed E-state index contributed by atoms with van der Waals surface area (Å²) in [7, 11) is 0. The Morgan fingerprint density at radius 2 is 2.06 bits per heavy atom. The van der Waals surface area contributed by atoms with Gasteiger partial charge in [-0.1, -0.05) is 6.42 Å². The van der Waals surface area contributed by atoms with Crippen molar-refractivity contribution in [3.63, 3.8) is 0 Å². The Labute approximate surface area is 97.5 Å². The van der Waals surface area contributed by atoms with Gasteiger partial charge in [0.25, 0.3) is 0 Å². The fourth-order valence-electron chi connectivity index (χ4n) is 1.91. The zero-order chi connectivity index (χ0) is 12.2. The van der Waals surface area contributed by atoms with E-state index < -0.39 is 18.5 Å². The van der Waals surface area contributed by atoms with Crippen LogP contribution in [-0.2, 0) is 4.79 Å². The van der Waals surface area contributed by atoms with Crippen molar-refractivity contribution in [2.24, 2.45) is 5.92 Å². The van der Waals surface area contributed by atoms with Crippen LogP contribution in [0.5, 0.6) is 0 Å². The van der Waals surface area contributed by atoms with E-state index in [4.69, 9.17) is 11.6 Å². The third kappa shape index (κ3) is 5.58. The Bertz CT molecular complexity index is 245. The van der Waals surface area contributed by atoms with Crippen molar-refractivity contribution < 1.29 is 18.0 Å². The van der Waals surface area contributed by atoms with Crippen LogP contribution in [0, 0.1) is 5.92 Å². The van der Waals surface area contributed by atoms with Crippen molar-refractivity contribution in [2.45, 2.75) is 43.7 Å². The molecule has 0 saturated heterocycles. The fraction of sp³-hybridized carbons (Fsp3) is 0.900. The number of amides is 1. The number of carbonyl (C=O) groups is 1. The van der Waals surface area contributed by atoms with E-state index in [1.54, 1.807) is 0 Å². The average Bonchev–Trinajstić information content (AvgIpc) is 2.12. The highest BCUT2D eigenvalue weighted by molar-refractivity contribution is 6.20. The van der Waals surface area contributed by atoms with Crippen molar-refractivity contribution in [1.82, 2.24) is 5.32 Å². The predicted octanol–water partition coefficient (Wildman–Crippen LogP) is 2.85. The molecule has 16 heavy (non-hydrogen) atoms. The molecular weight excluding hydrogens is 243 g/mol. The zero-order valence-corrected chi connectivity index (χ0v) is 9.57. The molecule has 2 nitrogen and oxygen atoms in total. The van der Waals surface area contributed by atoms with Gasteiger partial charge in [0.15, 0.2) is 0 Å². The Hall–Kier alpha value is -0.450. The molecule has 0 spiro atoms. The molecule has 1 aliphatic carbocycles. The number of carbonyl (C=O) groups excluding carboxylic acids is 1. The molecule has 1 N–H and O–H groups in total. The van der Waals surface area contributed by atoms with Gasteiger partial charge in [-0.2, -0.15) is 13.2 Å². The summed E-state index contributed by atoms with van der Waals surface area (Å²) >= 11 is 5.94. The van der Waals surface area contributed by atoms with Crippen LogP contribution >= 0.6 is 11.6 Å². The molecule has 1 saturated carbocycles. The van der Waals surface area contributed by atoms with Crippen molar-refractivity contribution in [3.8, 4) is 0 Å². The first-order valence-corrected chi connectivity index (χ1v) is 5.78. The molecular formula is C10H15ClF3NO. The van der Waals surface area contributed by atoms with Gasteiger partial charge in [0.05, 0.1) is 0 Å². The van der Waals surface area contributed by atoms with Crippen LogP contribution in [-0.4, -0.2) is 24.0 Å². The van der Waals surface area contributed by atoms with Crippen LogP contribution in [0.25, 0.3) is 0 Å². The normalized spacial score (nSPS) is 26.5. The Morgan fingerprint density at radius 3 is 2.62 bits per heavy atom. The third-order valence-electron chi connectivity index (χ3n) is 2.67. The maximum absolute atomic E-state index is 11.9. The molecule has 0 bridgehead atoms. The average molecular weight is 258 g/mol. The van der Waals surface area contributed by atoms with Gasteiger partial charge in [-0.25, -0.2) is 0 Å². The van der Waals surface area contributed by atoms with E-state index in [0.717, 1.165) is 25.7 Å². The first-order chi connectivity index (χ1) is 7.37. The number of hydrogen-bond donors (Lipinski definition) is 1. The zero-order valence-electron chi connectivity index (χ0n) is 8.82. The topological polar surface area (TPSA) is 29.1 Å². The highest BCUT2D eigenvalue weighted by atomic mass is 35.5. The van der Waals surface area contributed by atoms with Crippen molar-refractivity contribution in [3.05, 3.63) is 0 Å². The highest BCUT2D eigenvalue weighted by Crippen LogP contribution is 2.27. The van der Waals surface area contributed by atoms with Crippen LogP contribution in [0.2, 0.25) is 0 Å². The molecule has 0 aromatic heterocycles. The number of alkyl halides is 4. The summed E-state index contributed by atoms with van der Waals surface area (Å²) < 4.78 is 35.6. The van der Waals surface area contributed by atoms with E-state index >= 15 is 0 Å². The maximum atomic E-state index is 11.9. The number of nitrogens with one attached hydrogen (secondary N) is 1. The largest absolute Gasteiger partial charge is 0.397 e. The smallest absolute Gasteiger partial charge is 0.356 e. The van der Waals surface area contributed by atoms with E-state index in [1.165, 1.54) is 0 Å². The first kappa shape index (κ1) is 13.6. The van der Waals surface area contributed by atoms with E-state index in [1.807, 2.05) is 0 Å². The SMILES string of the molecule is O=C(CC(F)(F)F)NCC1CCCC(Cl)C1. The molecule has 0 aromatic carbocycles. The molecule has 1 fully saturated rings. The molecule has 0 radical (unpaired) electrons. The lowest BCUT2D eigenvalue weighted by molar-refractivity contribution is -0.153. The molecule has 0 aliphatic heterocycles. The number of halogens is 4. The van der Waals surface area contributed by atoms with E-state index in [0.29, 0.717) is 6.54 Å². The molecule has 2 atom stereocenters. The van der Waals surface area contributed by atoms with Crippen LogP contribution in [0.3, 0.4) is 0 Å². The Kier molecular flexibility index (Phi) is 4.89. The van der Waals surface area contributed by atoms with Crippen molar-refractivity contribution in [1.29, 1.82) is 0 Å². The molecule has 0 heterocycles. The van der Waals surface area contributed by atoms with Crippen molar-refractivity contribution in [2.75, 3.05) is 6.54 Å². The number of hydrogen-bond acceptors (Lipinski definition) is 1. The van der Waals surface area contributed by atoms with Gasteiger partial charge in [0.2, 0.25) is 5.91 Å².